The Hall–Kier alpha value is -2.52. The fourth-order valence-corrected chi connectivity index (χ4v) is 4.80. The van der Waals surface area contributed by atoms with Gasteiger partial charge in [-0.15, -0.1) is 0 Å². The Bertz CT molecular complexity index is 1010. The Morgan fingerprint density at radius 2 is 1.69 bits per heavy atom. The number of aryl methyl sites for hydroxylation is 1. The van der Waals surface area contributed by atoms with Crippen molar-refractivity contribution in [1.29, 1.82) is 0 Å². The van der Waals surface area contributed by atoms with Crippen LogP contribution >= 0.6 is 0 Å². The first-order valence-electron chi connectivity index (χ1n) is 9.91. The van der Waals surface area contributed by atoms with Gasteiger partial charge in [0.1, 0.15) is 5.69 Å². The van der Waals surface area contributed by atoms with Gasteiger partial charge in [0, 0.05) is 31.4 Å². The molecule has 156 valence electrons. The largest absolute Gasteiger partial charge is 0.321 e. The zero-order valence-corrected chi connectivity index (χ0v) is 17.3. The molecule has 2 heterocycles. The number of hydrogen-bond acceptors (Lipinski definition) is 5. The monoisotopic (exact) mass is 418 g/mol. The number of sulfonamides is 1. The second kappa shape index (κ2) is 9.32. The van der Waals surface area contributed by atoms with Crippen LogP contribution < -0.4 is 10.9 Å². The number of carbonyl (C=O) groups is 1. The first-order chi connectivity index (χ1) is 13.9. The van der Waals surface area contributed by atoms with Gasteiger partial charge in [0.15, 0.2) is 0 Å². The summed E-state index contributed by atoms with van der Waals surface area (Å²) < 4.78 is 28.4. The second-order valence-electron chi connectivity index (χ2n) is 7.08. The van der Waals surface area contributed by atoms with E-state index in [1.54, 1.807) is 12.1 Å². The van der Waals surface area contributed by atoms with Gasteiger partial charge in [0.05, 0.1) is 4.90 Å². The van der Waals surface area contributed by atoms with Gasteiger partial charge >= 0.3 is 0 Å². The first kappa shape index (κ1) is 21.2. The molecule has 1 saturated heterocycles. The smallest absolute Gasteiger partial charge is 0.276 e. The van der Waals surface area contributed by atoms with Crippen LogP contribution in [0.2, 0.25) is 0 Å². The topological polar surface area (TPSA) is 101 Å². The SMILES string of the molecule is CCCn1nc(C(=O)Nc2ccc(S(=O)(=O)N3CCCCCC3)cc2)ccc1=O. The summed E-state index contributed by atoms with van der Waals surface area (Å²) in [7, 11) is -3.53. The van der Waals surface area contributed by atoms with Gasteiger partial charge in [-0.25, -0.2) is 13.1 Å². The Balaban J connectivity index is 1.72. The lowest BCUT2D eigenvalue weighted by atomic mass is 10.2. The highest BCUT2D eigenvalue weighted by Gasteiger charge is 2.25. The molecule has 0 atom stereocenters. The van der Waals surface area contributed by atoms with Gasteiger partial charge in [-0.2, -0.15) is 9.40 Å². The molecule has 0 spiro atoms. The molecule has 1 aromatic carbocycles. The fraction of sp³-hybridized carbons (Fsp3) is 0.450. The lowest BCUT2D eigenvalue weighted by molar-refractivity contribution is 0.101. The number of rotatable bonds is 6. The molecule has 2 aromatic rings. The normalized spacial score (nSPS) is 15.6. The standard InChI is InChI=1S/C20H26N4O4S/c1-2-13-24-19(25)12-11-18(22-24)20(26)21-16-7-9-17(10-8-16)29(27,28)23-14-5-3-4-6-15-23/h7-12H,2-6,13-15H2,1H3,(H,21,26). The highest BCUT2D eigenvalue weighted by molar-refractivity contribution is 7.89. The van der Waals surface area contributed by atoms with Crippen LogP contribution in [0.15, 0.2) is 46.1 Å². The summed E-state index contributed by atoms with van der Waals surface area (Å²) in [5.41, 5.74) is 0.325. The van der Waals surface area contributed by atoms with Crippen molar-refractivity contribution >= 4 is 21.6 Å². The van der Waals surface area contributed by atoms with E-state index in [4.69, 9.17) is 0 Å². The van der Waals surface area contributed by atoms with Gasteiger partial charge in [0.2, 0.25) is 10.0 Å². The van der Waals surface area contributed by atoms with Crippen molar-refractivity contribution in [2.75, 3.05) is 18.4 Å². The predicted molar refractivity (Wildman–Crippen MR) is 110 cm³/mol. The maximum atomic E-state index is 12.8. The van der Waals surface area contributed by atoms with E-state index < -0.39 is 15.9 Å². The van der Waals surface area contributed by atoms with Crippen LogP contribution in [-0.2, 0) is 16.6 Å². The minimum absolute atomic E-state index is 0.124. The molecule has 0 unspecified atom stereocenters. The molecule has 0 bridgehead atoms. The van der Waals surface area contributed by atoms with E-state index in [2.05, 4.69) is 10.4 Å². The number of nitrogens with one attached hydrogen (secondary N) is 1. The molecule has 1 N–H and O–H groups in total. The van der Waals surface area contributed by atoms with E-state index in [0.717, 1.165) is 32.1 Å². The molecule has 0 saturated carbocycles. The lowest BCUT2D eigenvalue weighted by Crippen LogP contribution is -2.31. The fourth-order valence-electron chi connectivity index (χ4n) is 3.28. The van der Waals surface area contributed by atoms with Gasteiger partial charge in [-0.1, -0.05) is 19.8 Å². The molecule has 1 aromatic heterocycles. The third-order valence-electron chi connectivity index (χ3n) is 4.85. The van der Waals surface area contributed by atoms with Crippen molar-refractivity contribution in [2.24, 2.45) is 0 Å². The summed E-state index contributed by atoms with van der Waals surface area (Å²) in [6.45, 7) is 3.44. The van der Waals surface area contributed by atoms with Crippen LogP contribution in [0.5, 0.6) is 0 Å². The summed E-state index contributed by atoms with van der Waals surface area (Å²) >= 11 is 0. The first-order valence-corrected chi connectivity index (χ1v) is 11.4. The van der Waals surface area contributed by atoms with Gasteiger partial charge < -0.3 is 5.32 Å². The van der Waals surface area contributed by atoms with Gasteiger partial charge in [-0.05, 0) is 49.6 Å². The van der Waals surface area contributed by atoms with E-state index in [1.807, 2.05) is 6.92 Å². The van der Waals surface area contributed by atoms with Crippen molar-refractivity contribution in [3.05, 3.63) is 52.4 Å². The van der Waals surface area contributed by atoms with E-state index in [0.29, 0.717) is 25.3 Å². The van der Waals surface area contributed by atoms with E-state index in [9.17, 15) is 18.0 Å². The van der Waals surface area contributed by atoms with Crippen LogP contribution in [0.4, 0.5) is 5.69 Å². The van der Waals surface area contributed by atoms with E-state index >= 15 is 0 Å². The highest BCUT2D eigenvalue weighted by Crippen LogP contribution is 2.22. The molecule has 1 aliphatic heterocycles. The Morgan fingerprint density at radius 3 is 2.31 bits per heavy atom. The van der Waals surface area contributed by atoms with Crippen LogP contribution in [0.3, 0.4) is 0 Å². The molecular formula is C20H26N4O4S. The van der Waals surface area contributed by atoms with Crippen molar-refractivity contribution in [1.82, 2.24) is 14.1 Å². The third-order valence-corrected chi connectivity index (χ3v) is 6.76. The number of amides is 1. The Kier molecular flexibility index (Phi) is 6.81. The highest BCUT2D eigenvalue weighted by atomic mass is 32.2. The number of aromatic nitrogens is 2. The van der Waals surface area contributed by atoms with Crippen molar-refractivity contribution in [3.8, 4) is 0 Å². The van der Waals surface area contributed by atoms with Crippen LogP contribution in [0.1, 0.15) is 49.5 Å². The van der Waals surface area contributed by atoms with Crippen molar-refractivity contribution in [3.63, 3.8) is 0 Å². The average Bonchev–Trinajstić information content (AvgIpc) is 3.00. The molecule has 9 heteroatoms. The summed E-state index contributed by atoms with van der Waals surface area (Å²) in [5.74, 6) is -0.460. The summed E-state index contributed by atoms with van der Waals surface area (Å²) in [5, 5.41) is 6.76. The third kappa shape index (κ3) is 5.10. The zero-order valence-electron chi connectivity index (χ0n) is 16.5. The van der Waals surface area contributed by atoms with E-state index in [-0.39, 0.29) is 16.1 Å². The Morgan fingerprint density at radius 1 is 1.03 bits per heavy atom. The number of carbonyl (C=O) groups excluding carboxylic acids is 1. The molecule has 1 amide bonds. The minimum Gasteiger partial charge on any atom is -0.321 e. The Labute approximate surface area is 170 Å². The molecule has 1 fully saturated rings. The van der Waals surface area contributed by atoms with Gasteiger partial charge in [-0.3, -0.25) is 9.59 Å². The van der Waals surface area contributed by atoms with Crippen LogP contribution in [0.25, 0.3) is 0 Å². The summed E-state index contributed by atoms with van der Waals surface area (Å²) in [6, 6.07) is 8.81. The number of hydrogen-bond donors (Lipinski definition) is 1. The van der Waals surface area contributed by atoms with Crippen molar-refractivity contribution in [2.45, 2.75) is 50.5 Å². The molecule has 1 aliphatic rings. The zero-order chi connectivity index (χ0) is 20.9. The van der Waals surface area contributed by atoms with Crippen LogP contribution in [-0.4, -0.2) is 41.5 Å². The van der Waals surface area contributed by atoms with Crippen molar-refractivity contribution < 1.29 is 13.2 Å². The van der Waals surface area contributed by atoms with Crippen LogP contribution in [0, 0.1) is 0 Å². The molecular weight excluding hydrogens is 392 g/mol. The quantitative estimate of drug-likeness (QED) is 0.777. The van der Waals surface area contributed by atoms with E-state index in [1.165, 1.54) is 33.3 Å². The molecule has 8 nitrogen and oxygen atoms in total. The summed E-state index contributed by atoms with van der Waals surface area (Å²) in [4.78, 5) is 24.4. The maximum absolute atomic E-state index is 12.8. The number of anilines is 1. The number of nitrogens with zero attached hydrogens (tertiary/aromatic N) is 3. The molecule has 3 rings (SSSR count). The number of benzene rings is 1. The maximum Gasteiger partial charge on any atom is 0.276 e. The minimum atomic E-state index is -3.53. The second-order valence-corrected chi connectivity index (χ2v) is 9.01. The predicted octanol–water partition coefficient (Wildman–Crippen LogP) is 2.47. The van der Waals surface area contributed by atoms with Gasteiger partial charge in [0.25, 0.3) is 11.5 Å². The molecule has 0 aliphatic carbocycles. The average molecular weight is 419 g/mol. The summed E-state index contributed by atoms with van der Waals surface area (Å²) in [6.07, 6.45) is 4.58. The molecule has 29 heavy (non-hydrogen) atoms. The molecule has 0 radical (unpaired) electrons. The lowest BCUT2D eigenvalue weighted by Gasteiger charge is -2.20.